The monoisotopic (exact) mass is 331 g/mol. The van der Waals surface area contributed by atoms with Crippen molar-refractivity contribution in [3.8, 4) is 0 Å². The first-order chi connectivity index (χ1) is 11.2. The second-order valence-corrected chi connectivity index (χ2v) is 6.37. The van der Waals surface area contributed by atoms with E-state index in [-0.39, 0.29) is 11.8 Å². The van der Waals surface area contributed by atoms with Crippen molar-refractivity contribution in [3.63, 3.8) is 0 Å². The van der Waals surface area contributed by atoms with Gasteiger partial charge in [0.1, 0.15) is 5.52 Å². The molecule has 120 valence electrons. The molecule has 1 fully saturated rings. The number of aryl methyl sites for hydroxylation is 1. The summed E-state index contributed by atoms with van der Waals surface area (Å²) in [5, 5.41) is 6.90. The van der Waals surface area contributed by atoms with Crippen LogP contribution in [0.25, 0.3) is 21.8 Å². The van der Waals surface area contributed by atoms with Gasteiger partial charge in [0.25, 0.3) is 5.56 Å². The molecular weight excluding hydrogens is 314 g/mol. The lowest BCUT2D eigenvalue weighted by Gasteiger charge is -2.24. The summed E-state index contributed by atoms with van der Waals surface area (Å²) in [4.78, 5) is 15.5. The molecule has 1 saturated heterocycles. The number of fused-ring (bicyclic) bond motifs is 3. The Kier molecular flexibility index (Phi) is 3.62. The number of rotatable bonds is 2. The first-order valence-electron chi connectivity index (χ1n) is 8.03. The average molecular weight is 332 g/mol. The van der Waals surface area contributed by atoms with Gasteiger partial charge in [-0.2, -0.15) is 5.10 Å². The Morgan fingerprint density at radius 3 is 3.04 bits per heavy atom. The quantitative estimate of drug-likeness (QED) is 0.777. The fraction of sp³-hybridized carbons (Fsp3) is 0.412. The number of aromatic nitrogens is 3. The zero-order valence-electron chi connectivity index (χ0n) is 12.9. The van der Waals surface area contributed by atoms with Gasteiger partial charge in [-0.1, -0.05) is 18.5 Å². The van der Waals surface area contributed by atoms with Crippen molar-refractivity contribution in [2.45, 2.75) is 38.8 Å². The largest absolute Gasteiger partial charge is 0.357 e. The number of benzene rings is 1. The molecule has 3 heterocycles. The number of pyridine rings is 1. The van der Waals surface area contributed by atoms with Crippen LogP contribution in [-0.2, 0) is 11.2 Å². The van der Waals surface area contributed by atoms with Crippen molar-refractivity contribution in [1.82, 2.24) is 14.8 Å². The van der Waals surface area contributed by atoms with Crippen molar-refractivity contribution < 1.29 is 4.74 Å². The van der Waals surface area contributed by atoms with Crippen LogP contribution in [0.3, 0.4) is 0 Å². The third kappa shape index (κ3) is 2.35. The van der Waals surface area contributed by atoms with Gasteiger partial charge in [0.15, 0.2) is 6.23 Å². The summed E-state index contributed by atoms with van der Waals surface area (Å²) in [5.41, 5.74) is 2.28. The van der Waals surface area contributed by atoms with E-state index in [9.17, 15) is 4.79 Å². The Morgan fingerprint density at radius 1 is 1.43 bits per heavy atom. The Balaban J connectivity index is 2.05. The molecule has 1 aromatic carbocycles. The van der Waals surface area contributed by atoms with Crippen LogP contribution in [0.15, 0.2) is 23.0 Å². The van der Waals surface area contributed by atoms with Gasteiger partial charge in [-0.15, -0.1) is 0 Å². The smallest absolute Gasteiger partial charge is 0.259 e. The molecular formula is C17H18ClN3O2. The van der Waals surface area contributed by atoms with Crippen molar-refractivity contribution >= 4 is 33.4 Å². The van der Waals surface area contributed by atoms with E-state index in [1.54, 1.807) is 6.07 Å². The molecule has 1 atom stereocenters. The first kappa shape index (κ1) is 14.7. The van der Waals surface area contributed by atoms with E-state index in [2.05, 4.69) is 4.98 Å². The second-order valence-electron chi connectivity index (χ2n) is 5.93. The number of hydrogen-bond donors (Lipinski definition) is 1. The van der Waals surface area contributed by atoms with Gasteiger partial charge in [0, 0.05) is 17.0 Å². The van der Waals surface area contributed by atoms with E-state index in [1.165, 1.54) is 0 Å². The normalized spacial score (nSPS) is 18.8. The summed E-state index contributed by atoms with van der Waals surface area (Å²) in [6.45, 7) is 2.78. The summed E-state index contributed by atoms with van der Waals surface area (Å²) >= 11 is 6.14. The molecule has 1 aliphatic heterocycles. The van der Waals surface area contributed by atoms with E-state index < -0.39 is 0 Å². The van der Waals surface area contributed by atoms with Crippen molar-refractivity contribution in [2.75, 3.05) is 6.61 Å². The van der Waals surface area contributed by atoms with Gasteiger partial charge in [-0.25, -0.2) is 4.68 Å². The number of nitrogens with zero attached hydrogens (tertiary/aromatic N) is 2. The molecule has 0 radical (unpaired) electrons. The van der Waals surface area contributed by atoms with E-state index in [1.807, 2.05) is 23.7 Å². The highest BCUT2D eigenvalue weighted by atomic mass is 35.5. The Bertz CT molecular complexity index is 938. The highest BCUT2D eigenvalue weighted by Crippen LogP contribution is 2.30. The molecule has 0 aliphatic carbocycles. The third-order valence-electron chi connectivity index (χ3n) is 4.48. The maximum atomic E-state index is 12.6. The molecule has 2 aromatic heterocycles. The number of nitrogens with one attached hydrogen (secondary N) is 1. The lowest BCUT2D eigenvalue weighted by Crippen LogP contribution is -2.21. The second kappa shape index (κ2) is 5.65. The maximum Gasteiger partial charge on any atom is 0.259 e. The molecule has 0 bridgehead atoms. The molecule has 1 aliphatic rings. The lowest BCUT2D eigenvalue weighted by molar-refractivity contribution is -0.0405. The lowest BCUT2D eigenvalue weighted by atomic mass is 10.1. The summed E-state index contributed by atoms with van der Waals surface area (Å²) in [6, 6.07) is 5.45. The first-order valence-corrected chi connectivity index (χ1v) is 8.41. The van der Waals surface area contributed by atoms with Gasteiger partial charge in [-0.3, -0.25) is 4.79 Å². The van der Waals surface area contributed by atoms with E-state index in [4.69, 9.17) is 21.4 Å². The summed E-state index contributed by atoms with van der Waals surface area (Å²) in [6.07, 6.45) is 3.77. The van der Waals surface area contributed by atoms with Crippen LogP contribution >= 0.6 is 11.6 Å². The topological polar surface area (TPSA) is 59.9 Å². The number of halogens is 1. The Morgan fingerprint density at radius 2 is 2.30 bits per heavy atom. The highest BCUT2D eigenvalue weighted by Gasteiger charge is 2.23. The number of ether oxygens (including phenoxy) is 1. The molecule has 0 saturated carbocycles. The van der Waals surface area contributed by atoms with Crippen LogP contribution in [-0.4, -0.2) is 21.4 Å². The van der Waals surface area contributed by atoms with Crippen molar-refractivity contribution in [2.24, 2.45) is 0 Å². The van der Waals surface area contributed by atoms with Crippen LogP contribution < -0.4 is 5.56 Å². The molecule has 5 nitrogen and oxygen atoms in total. The SMILES string of the molecule is CCc1c2c(=O)[nH]c3ccc(Cl)cc3c2nn1C1CCCCO1. The van der Waals surface area contributed by atoms with Crippen LogP contribution in [0.2, 0.25) is 5.02 Å². The minimum Gasteiger partial charge on any atom is -0.357 e. The minimum atomic E-state index is -0.103. The predicted molar refractivity (Wildman–Crippen MR) is 91.1 cm³/mol. The summed E-state index contributed by atoms with van der Waals surface area (Å²) in [7, 11) is 0. The molecule has 23 heavy (non-hydrogen) atoms. The standard InChI is InChI=1S/C17H18ClN3O2/c1-2-13-15-16(20-21(13)14-5-3-4-8-23-14)11-9-10(18)6-7-12(11)19-17(15)22/h6-7,9,14H,2-5,8H2,1H3,(H,19,22). The third-order valence-corrected chi connectivity index (χ3v) is 4.72. The van der Waals surface area contributed by atoms with Crippen molar-refractivity contribution in [3.05, 3.63) is 39.3 Å². The number of aromatic amines is 1. The zero-order chi connectivity index (χ0) is 16.0. The zero-order valence-corrected chi connectivity index (χ0v) is 13.7. The number of hydrogen-bond acceptors (Lipinski definition) is 3. The van der Waals surface area contributed by atoms with Crippen LogP contribution in [0, 0.1) is 0 Å². The Labute approximate surface area is 138 Å². The Hall–Kier alpha value is -1.85. The van der Waals surface area contributed by atoms with E-state index in [0.717, 1.165) is 48.9 Å². The van der Waals surface area contributed by atoms with Gasteiger partial charge in [0.2, 0.25) is 0 Å². The van der Waals surface area contributed by atoms with E-state index >= 15 is 0 Å². The van der Waals surface area contributed by atoms with Gasteiger partial charge >= 0.3 is 0 Å². The number of H-pyrrole nitrogens is 1. The van der Waals surface area contributed by atoms with Gasteiger partial charge in [0.05, 0.1) is 16.6 Å². The average Bonchev–Trinajstić information content (AvgIpc) is 2.97. The molecule has 0 amide bonds. The van der Waals surface area contributed by atoms with Crippen LogP contribution in [0.5, 0.6) is 0 Å². The molecule has 3 aromatic rings. The van der Waals surface area contributed by atoms with Gasteiger partial charge in [-0.05, 0) is 43.9 Å². The molecule has 1 unspecified atom stereocenters. The van der Waals surface area contributed by atoms with Crippen LogP contribution in [0.1, 0.15) is 38.1 Å². The summed E-state index contributed by atoms with van der Waals surface area (Å²) < 4.78 is 7.78. The minimum absolute atomic E-state index is 0.0836. The maximum absolute atomic E-state index is 12.6. The molecule has 6 heteroatoms. The molecule has 0 spiro atoms. The van der Waals surface area contributed by atoms with E-state index in [0.29, 0.717) is 15.9 Å². The van der Waals surface area contributed by atoms with Gasteiger partial charge < -0.3 is 9.72 Å². The molecule has 1 N–H and O–H groups in total. The molecule has 4 rings (SSSR count). The van der Waals surface area contributed by atoms with Crippen molar-refractivity contribution in [1.29, 1.82) is 0 Å². The summed E-state index contributed by atoms with van der Waals surface area (Å²) in [5.74, 6) is 0. The predicted octanol–water partition coefficient (Wildman–Crippen LogP) is 3.79. The highest BCUT2D eigenvalue weighted by molar-refractivity contribution is 6.31. The van der Waals surface area contributed by atoms with Crippen LogP contribution in [0.4, 0.5) is 0 Å². The fourth-order valence-electron chi connectivity index (χ4n) is 3.40. The fourth-order valence-corrected chi connectivity index (χ4v) is 3.57.